The minimum absolute atomic E-state index is 0.186. The molecule has 0 bridgehead atoms. The molecule has 0 spiro atoms. The first-order valence-electron chi connectivity index (χ1n) is 12.7. The molecule has 39 heavy (non-hydrogen) atoms. The van der Waals surface area contributed by atoms with Gasteiger partial charge in [0.15, 0.2) is 16.3 Å². The number of nitrogens with zero attached hydrogens (tertiary/aromatic N) is 2. The second kappa shape index (κ2) is 12.5. The fraction of sp³-hybridized carbons (Fsp3) is 0.345. The molecule has 2 heterocycles. The van der Waals surface area contributed by atoms with E-state index in [1.807, 2.05) is 32.0 Å². The van der Waals surface area contributed by atoms with Crippen LogP contribution in [-0.4, -0.2) is 38.0 Å². The number of hydrogen-bond acceptors (Lipinski definition) is 8. The van der Waals surface area contributed by atoms with Crippen molar-refractivity contribution < 1.29 is 23.7 Å². The molecule has 1 atom stereocenters. The van der Waals surface area contributed by atoms with E-state index in [0.717, 1.165) is 12.0 Å². The van der Waals surface area contributed by atoms with E-state index in [-0.39, 0.29) is 12.2 Å². The van der Waals surface area contributed by atoms with Gasteiger partial charge in [-0.25, -0.2) is 9.79 Å². The largest absolute Gasteiger partial charge is 0.496 e. The van der Waals surface area contributed by atoms with E-state index < -0.39 is 12.0 Å². The number of rotatable bonds is 10. The van der Waals surface area contributed by atoms with Gasteiger partial charge in [-0.3, -0.25) is 9.36 Å². The summed E-state index contributed by atoms with van der Waals surface area (Å²) in [5.41, 5.74) is 1.93. The molecule has 10 heteroatoms. The van der Waals surface area contributed by atoms with Gasteiger partial charge in [0.1, 0.15) is 11.8 Å². The first-order valence-corrected chi connectivity index (χ1v) is 13.9. The van der Waals surface area contributed by atoms with E-state index >= 15 is 0 Å². The van der Waals surface area contributed by atoms with Crippen LogP contribution in [0.25, 0.3) is 6.08 Å². The second-order valence-electron chi connectivity index (χ2n) is 8.64. The first-order chi connectivity index (χ1) is 18.9. The maximum atomic E-state index is 14.0. The summed E-state index contributed by atoms with van der Waals surface area (Å²) >= 11 is 7.65. The summed E-state index contributed by atoms with van der Waals surface area (Å²) in [5.74, 6) is 1.15. The predicted molar refractivity (Wildman–Crippen MR) is 152 cm³/mol. The fourth-order valence-electron chi connectivity index (χ4n) is 4.53. The van der Waals surface area contributed by atoms with Crippen molar-refractivity contribution in [3.8, 4) is 17.2 Å². The summed E-state index contributed by atoms with van der Waals surface area (Å²) < 4.78 is 24.2. The van der Waals surface area contributed by atoms with Gasteiger partial charge in [-0.2, -0.15) is 0 Å². The SMILES string of the molecule is CCCC1=C(C(=O)OCC)[C@H](c2cc(Cl)ccc2OC)n2c(s/c(=C/c3ccc(OCC)c(OC)c3)c2=O)=N1. The third kappa shape index (κ3) is 5.74. The zero-order valence-corrected chi connectivity index (χ0v) is 24.1. The number of methoxy groups -OCH3 is 2. The van der Waals surface area contributed by atoms with Gasteiger partial charge < -0.3 is 18.9 Å². The van der Waals surface area contributed by atoms with E-state index in [1.165, 1.54) is 23.0 Å². The number of fused-ring (bicyclic) bond motifs is 1. The fourth-order valence-corrected chi connectivity index (χ4v) is 5.73. The Bertz CT molecular complexity index is 1590. The number of carbonyl (C=O) groups excluding carboxylic acids is 1. The van der Waals surface area contributed by atoms with Gasteiger partial charge >= 0.3 is 5.97 Å². The molecule has 0 saturated carbocycles. The molecule has 1 aromatic heterocycles. The van der Waals surface area contributed by atoms with E-state index in [2.05, 4.69) is 0 Å². The summed E-state index contributed by atoms with van der Waals surface area (Å²) in [5, 5.41) is 0.451. The summed E-state index contributed by atoms with van der Waals surface area (Å²) in [4.78, 5) is 32.6. The third-order valence-corrected chi connectivity index (χ3v) is 7.38. The lowest BCUT2D eigenvalue weighted by Crippen LogP contribution is -2.40. The van der Waals surface area contributed by atoms with Gasteiger partial charge in [0.2, 0.25) is 0 Å². The Morgan fingerprint density at radius 1 is 1.05 bits per heavy atom. The van der Waals surface area contributed by atoms with Gasteiger partial charge in [0.25, 0.3) is 5.56 Å². The smallest absolute Gasteiger partial charge is 0.338 e. The highest BCUT2D eigenvalue weighted by Gasteiger charge is 2.36. The van der Waals surface area contributed by atoms with Crippen molar-refractivity contribution in [2.75, 3.05) is 27.4 Å². The van der Waals surface area contributed by atoms with Crippen LogP contribution in [0, 0.1) is 0 Å². The van der Waals surface area contributed by atoms with Crippen molar-refractivity contribution >= 4 is 35.0 Å². The van der Waals surface area contributed by atoms with Gasteiger partial charge in [-0.1, -0.05) is 42.3 Å². The maximum absolute atomic E-state index is 14.0. The molecule has 0 saturated heterocycles. The van der Waals surface area contributed by atoms with Gasteiger partial charge in [0.05, 0.1) is 43.2 Å². The maximum Gasteiger partial charge on any atom is 0.338 e. The van der Waals surface area contributed by atoms with Gasteiger partial charge in [-0.15, -0.1) is 0 Å². The normalized spacial score (nSPS) is 15.0. The van der Waals surface area contributed by atoms with Crippen molar-refractivity contribution in [2.24, 2.45) is 4.99 Å². The average Bonchev–Trinajstić information content (AvgIpc) is 3.23. The molecule has 2 aromatic carbocycles. The van der Waals surface area contributed by atoms with Crippen LogP contribution in [0.2, 0.25) is 5.02 Å². The van der Waals surface area contributed by atoms with Crippen LogP contribution in [-0.2, 0) is 9.53 Å². The number of allylic oxidation sites excluding steroid dienone is 1. The highest BCUT2D eigenvalue weighted by molar-refractivity contribution is 7.07. The van der Waals surface area contributed by atoms with Gasteiger partial charge in [-0.05, 0) is 62.2 Å². The lowest BCUT2D eigenvalue weighted by Gasteiger charge is -2.27. The molecule has 4 rings (SSSR count). The molecule has 0 aliphatic carbocycles. The highest BCUT2D eigenvalue weighted by atomic mass is 35.5. The first kappa shape index (κ1) is 28.4. The van der Waals surface area contributed by atoms with Crippen LogP contribution < -0.4 is 29.1 Å². The average molecular weight is 571 g/mol. The zero-order valence-electron chi connectivity index (χ0n) is 22.6. The number of thiazole rings is 1. The molecule has 8 nitrogen and oxygen atoms in total. The van der Waals surface area contributed by atoms with Crippen LogP contribution in [0.15, 0.2) is 57.5 Å². The Balaban J connectivity index is 2.00. The number of esters is 1. The molecular weight excluding hydrogens is 540 g/mol. The number of aromatic nitrogens is 1. The molecule has 1 aliphatic rings. The Kier molecular flexibility index (Phi) is 9.14. The van der Waals surface area contributed by atoms with Crippen LogP contribution in [0.5, 0.6) is 17.2 Å². The van der Waals surface area contributed by atoms with Crippen molar-refractivity contribution in [1.29, 1.82) is 0 Å². The molecule has 0 radical (unpaired) electrons. The number of benzene rings is 2. The highest BCUT2D eigenvalue weighted by Crippen LogP contribution is 2.38. The number of carbonyl (C=O) groups is 1. The topological polar surface area (TPSA) is 88.4 Å². The Morgan fingerprint density at radius 3 is 2.46 bits per heavy atom. The molecule has 0 amide bonds. The lowest BCUT2D eigenvalue weighted by atomic mass is 9.93. The lowest BCUT2D eigenvalue weighted by molar-refractivity contribution is -0.139. The van der Waals surface area contributed by atoms with Crippen molar-refractivity contribution in [3.63, 3.8) is 0 Å². The van der Waals surface area contributed by atoms with Crippen LogP contribution in [0.4, 0.5) is 0 Å². The standard InChI is InChI=1S/C29H31ClN2O6S/c1-6-9-20-25(28(34)38-8-3)26(19-16-18(30)11-13-21(19)35-4)32-27(33)24(39-29(32)31-20)15-17-10-12-22(37-7-2)23(14-17)36-5/h10-16,26H,6-9H2,1-5H3/b24-15+/t26-/m0/s1. The Morgan fingerprint density at radius 2 is 1.79 bits per heavy atom. The Labute approximate surface area is 235 Å². The summed E-state index contributed by atoms with van der Waals surface area (Å²) in [7, 11) is 3.11. The minimum Gasteiger partial charge on any atom is -0.496 e. The molecule has 206 valence electrons. The van der Waals surface area contributed by atoms with Gasteiger partial charge in [0, 0.05) is 10.6 Å². The minimum atomic E-state index is -0.826. The van der Waals surface area contributed by atoms with Crippen LogP contribution in [0.3, 0.4) is 0 Å². The van der Waals surface area contributed by atoms with E-state index in [0.29, 0.717) is 61.5 Å². The van der Waals surface area contributed by atoms with E-state index in [1.54, 1.807) is 38.3 Å². The summed E-state index contributed by atoms with van der Waals surface area (Å²) in [6.45, 7) is 6.34. The number of hydrogen-bond donors (Lipinski definition) is 0. The quantitative estimate of drug-likeness (QED) is 0.330. The van der Waals surface area contributed by atoms with Crippen molar-refractivity contribution in [2.45, 2.75) is 39.7 Å². The van der Waals surface area contributed by atoms with E-state index in [9.17, 15) is 9.59 Å². The molecule has 1 aliphatic heterocycles. The predicted octanol–water partition coefficient (Wildman–Crippen LogP) is 4.65. The number of halogens is 1. The number of ether oxygens (including phenoxy) is 4. The van der Waals surface area contributed by atoms with E-state index in [4.69, 9.17) is 35.5 Å². The summed E-state index contributed by atoms with van der Waals surface area (Å²) in [6, 6.07) is 9.79. The molecule has 0 unspecified atom stereocenters. The molecule has 0 N–H and O–H groups in total. The third-order valence-electron chi connectivity index (χ3n) is 6.16. The second-order valence-corrected chi connectivity index (χ2v) is 10.1. The Hall–Kier alpha value is -3.56. The van der Waals surface area contributed by atoms with Crippen molar-refractivity contribution in [3.05, 3.63) is 83.5 Å². The van der Waals surface area contributed by atoms with Crippen molar-refractivity contribution in [1.82, 2.24) is 4.57 Å². The molecule has 3 aromatic rings. The van der Waals surface area contributed by atoms with Crippen LogP contribution >= 0.6 is 22.9 Å². The summed E-state index contributed by atoms with van der Waals surface area (Å²) in [6.07, 6.45) is 3.07. The monoisotopic (exact) mass is 570 g/mol. The molecular formula is C29H31ClN2O6S. The van der Waals surface area contributed by atoms with Crippen LogP contribution in [0.1, 0.15) is 50.8 Å². The zero-order chi connectivity index (χ0) is 28.1. The molecule has 0 fully saturated rings.